The molecule has 0 aliphatic rings. The van der Waals surface area contributed by atoms with E-state index in [-0.39, 0.29) is 0 Å². The molecule has 2 nitrogen and oxygen atoms in total. The van der Waals surface area contributed by atoms with Crippen LogP contribution < -0.4 is 0 Å². The molecule has 4 heteroatoms. The number of hydrogen-bond donors (Lipinski definition) is 1. The molecule has 98 valence electrons. The van der Waals surface area contributed by atoms with Gasteiger partial charge in [-0.25, -0.2) is 8.78 Å². The molecule has 0 amide bonds. The molecule has 0 fully saturated rings. The summed E-state index contributed by atoms with van der Waals surface area (Å²) in [5, 5.41) is 8.66. The van der Waals surface area contributed by atoms with Gasteiger partial charge in [0.15, 0.2) is 0 Å². The summed E-state index contributed by atoms with van der Waals surface area (Å²) in [5.41, 5.74) is 0.465. The third-order valence-electron chi connectivity index (χ3n) is 2.67. The lowest BCUT2D eigenvalue weighted by Gasteiger charge is -2.02. The van der Waals surface area contributed by atoms with Gasteiger partial charge < -0.3 is 5.11 Å². The van der Waals surface area contributed by atoms with Gasteiger partial charge in [-0.1, -0.05) is 25.1 Å². The number of rotatable bonds is 6. The molecule has 18 heavy (non-hydrogen) atoms. The summed E-state index contributed by atoms with van der Waals surface area (Å²) in [4.78, 5) is 10.5. The normalized spacial score (nSPS) is 12.8. The zero-order valence-corrected chi connectivity index (χ0v) is 10.2. The molecular weight excluding hydrogens is 238 g/mol. The maximum absolute atomic E-state index is 13.3. The molecular formula is C14H16F2O2. The Bertz CT molecular complexity index is 441. The molecule has 0 spiro atoms. The second kappa shape index (κ2) is 6.89. The molecule has 0 saturated carbocycles. The summed E-state index contributed by atoms with van der Waals surface area (Å²) in [6.07, 6.45) is 5.14. The van der Waals surface area contributed by atoms with Crippen LogP contribution in [0.2, 0.25) is 0 Å². The van der Waals surface area contributed by atoms with Crippen molar-refractivity contribution in [2.45, 2.75) is 26.2 Å². The predicted molar refractivity (Wildman–Crippen MR) is 65.2 cm³/mol. The molecule has 0 aliphatic heterocycles. The Labute approximate surface area is 105 Å². The van der Waals surface area contributed by atoms with Crippen molar-refractivity contribution in [3.8, 4) is 0 Å². The number of carbonyl (C=O) groups is 1. The summed E-state index contributed by atoms with van der Waals surface area (Å²) in [6, 6.07) is 3.53. The van der Waals surface area contributed by atoms with Crippen LogP contribution in [0.3, 0.4) is 0 Å². The molecule has 0 saturated heterocycles. The van der Waals surface area contributed by atoms with Gasteiger partial charge in [-0.2, -0.15) is 0 Å². The van der Waals surface area contributed by atoms with Crippen molar-refractivity contribution in [2.75, 3.05) is 0 Å². The van der Waals surface area contributed by atoms with Crippen LogP contribution in [0.1, 0.15) is 25.3 Å². The second-order valence-electron chi connectivity index (χ2n) is 4.22. The smallest absolute Gasteiger partial charge is 0.306 e. The van der Waals surface area contributed by atoms with E-state index in [1.807, 2.05) is 6.08 Å². The van der Waals surface area contributed by atoms with Crippen molar-refractivity contribution in [2.24, 2.45) is 5.92 Å². The third-order valence-corrected chi connectivity index (χ3v) is 2.67. The number of benzene rings is 1. The van der Waals surface area contributed by atoms with E-state index in [2.05, 4.69) is 0 Å². The highest BCUT2D eigenvalue weighted by molar-refractivity contribution is 5.69. The summed E-state index contributed by atoms with van der Waals surface area (Å²) in [6.45, 7) is 1.63. The summed E-state index contributed by atoms with van der Waals surface area (Å²) in [5.74, 6) is -2.36. The average Bonchev–Trinajstić information content (AvgIpc) is 2.30. The van der Waals surface area contributed by atoms with E-state index in [0.717, 1.165) is 6.07 Å². The zero-order valence-electron chi connectivity index (χ0n) is 10.2. The first-order valence-electron chi connectivity index (χ1n) is 5.82. The number of aliphatic carboxylic acids is 1. The van der Waals surface area contributed by atoms with Gasteiger partial charge in [0.1, 0.15) is 11.6 Å². The minimum atomic E-state index is -0.829. The van der Waals surface area contributed by atoms with Gasteiger partial charge in [-0.15, -0.1) is 0 Å². The number of hydrogen-bond acceptors (Lipinski definition) is 1. The van der Waals surface area contributed by atoms with Gasteiger partial charge in [0.2, 0.25) is 0 Å². The topological polar surface area (TPSA) is 37.3 Å². The SMILES string of the molecule is CC(C/C=C/CCc1ccc(F)cc1F)C(=O)O. The monoisotopic (exact) mass is 254 g/mol. The van der Waals surface area contributed by atoms with Crippen LogP contribution in [0.5, 0.6) is 0 Å². The Morgan fingerprint density at radius 3 is 2.72 bits per heavy atom. The van der Waals surface area contributed by atoms with Gasteiger partial charge in [0.25, 0.3) is 0 Å². The molecule has 0 radical (unpaired) electrons. The fourth-order valence-electron chi connectivity index (χ4n) is 1.48. The zero-order chi connectivity index (χ0) is 13.5. The fraction of sp³-hybridized carbons (Fsp3) is 0.357. The van der Waals surface area contributed by atoms with Crippen molar-refractivity contribution in [3.05, 3.63) is 47.5 Å². The predicted octanol–water partition coefficient (Wildman–Crippen LogP) is 3.56. The van der Waals surface area contributed by atoms with Crippen molar-refractivity contribution < 1.29 is 18.7 Å². The highest BCUT2D eigenvalue weighted by atomic mass is 19.1. The van der Waals surface area contributed by atoms with E-state index in [1.54, 1.807) is 13.0 Å². The van der Waals surface area contributed by atoms with Crippen molar-refractivity contribution >= 4 is 5.97 Å². The van der Waals surface area contributed by atoms with E-state index < -0.39 is 23.5 Å². The lowest BCUT2D eigenvalue weighted by Crippen LogP contribution is -2.07. The minimum absolute atomic E-state index is 0.413. The van der Waals surface area contributed by atoms with Gasteiger partial charge in [0, 0.05) is 6.07 Å². The number of halogens is 2. The molecule has 0 heterocycles. The van der Waals surface area contributed by atoms with Crippen molar-refractivity contribution in [1.29, 1.82) is 0 Å². The highest BCUT2D eigenvalue weighted by Crippen LogP contribution is 2.12. The Balaban J connectivity index is 2.37. The van der Waals surface area contributed by atoms with Crippen LogP contribution in [0.4, 0.5) is 8.78 Å². The Morgan fingerprint density at radius 1 is 1.39 bits per heavy atom. The van der Waals surface area contributed by atoms with Crippen LogP contribution in [-0.2, 0) is 11.2 Å². The van der Waals surface area contributed by atoms with Crippen LogP contribution in [-0.4, -0.2) is 11.1 Å². The van der Waals surface area contributed by atoms with Crippen molar-refractivity contribution in [3.63, 3.8) is 0 Å². The molecule has 1 aromatic rings. The largest absolute Gasteiger partial charge is 0.481 e. The van der Waals surface area contributed by atoms with Crippen molar-refractivity contribution in [1.82, 2.24) is 0 Å². The molecule has 1 rings (SSSR count). The molecule has 1 unspecified atom stereocenters. The lowest BCUT2D eigenvalue weighted by atomic mass is 10.1. The van der Waals surface area contributed by atoms with Crippen LogP contribution in [0, 0.1) is 17.6 Å². The van der Waals surface area contributed by atoms with E-state index >= 15 is 0 Å². The van der Waals surface area contributed by atoms with E-state index in [1.165, 1.54) is 12.1 Å². The first-order valence-corrected chi connectivity index (χ1v) is 5.82. The second-order valence-corrected chi connectivity index (χ2v) is 4.22. The molecule has 0 aromatic heterocycles. The maximum Gasteiger partial charge on any atom is 0.306 e. The Kier molecular flexibility index (Phi) is 5.49. The number of allylic oxidation sites excluding steroid dienone is 2. The standard InChI is InChI=1S/C14H16F2O2/c1-10(14(17)18)5-3-2-4-6-11-7-8-12(15)9-13(11)16/h2-3,7-10H,4-6H2,1H3,(H,17,18)/b3-2+. The summed E-state index contributed by atoms with van der Waals surface area (Å²) < 4.78 is 25.9. The van der Waals surface area contributed by atoms with Gasteiger partial charge >= 0.3 is 5.97 Å². The van der Waals surface area contributed by atoms with Gasteiger partial charge in [-0.05, 0) is 30.9 Å². The molecule has 0 bridgehead atoms. The minimum Gasteiger partial charge on any atom is -0.481 e. The summed E-state index contributed by atoms with van der Waals surface area (Å²) >= 11 is 0. The molecule has 1 aromatic carbocycles. The first-order chi connectivity index (χ1) is 8.50. The maximum atomic E-state index is 13.3. The van der Waals surface area contributed by atoms with E-state index in [0.29, 0.717) is 24.8 Å². The average molecular weight is 254 g/mol. The van der Waals surface area contributed by atoms with Crippen LogP contribution in [0.15, 0.2) is 30.4 Å². The third kappa shape index (κ3) is 4.65. The fourth-order valence-corrected chi connectivity index (χ4v) is 1.48. The van der Waals surface area contributed by atoms with Crippen LogP contribution in [0.25, 0.3) is 0 Å². The first kappa shape index (κ1) is 14.4. The number of aryl methyl sites for hydroxylation is 1. The van der Waals surface area contributed by atoms with Gasteiger partial charge in [-0.3, -0.25) is 4.79 Å². The lowest BCUT2D eigenvalue weighted by molar-refractivity contribution is -0.140. The number of carboxylic acid groups (broad SMARTS) is 1. The quantitative estimate of drug-likeness (QED) is 0.788. The molecule has 0 aliphatic carbocycles. The van der Waals surface area contributed by atoms with Crippen LogP contribution >= 0.6 is 0 Å². The van der Waals surface area contributed by atoms with Gasteiger partial charge in [0.05, 0.1) is 5.92 Å². The molecule has 1 N–H and O–H groups in total. The summed E-state index contributed by atoms with van der Waals surface area (Å²) in [7, 11) is 0. The highest BCUT2D eigenvalue weighted by Gasteiger charge is 2.07. The van der Waals surface area contributed by atoms with E-state index in [9.17, 15) is 13.6 Å². The Morgan fingerprint density at radius 2 is 2.11 bits per heavy atom. The van der Waals surface area contributed by atoms with E-state index in [4.69, 9.17) is 5.11 Å². The molecule has 1 atom stereocenters. The number of carboxylic acids is 1. The Hall–Kier alpha value is -1.71.